The van der Waals surface area contributed by atoms with Crippen LogP contribution in [0.2, 0.25) is 0 Å². The molecular weight excluding hydrogens is 236 g/mol. The molecule has 1 fully saturated rings. The van der Waals surface area contributed by atoms with E-state index in [0.29, 0.717) is 6.10 Å². The Bertz CT molecular complexity index is 424. The molecule has 1 N–H and O–H groups in total. The zero-order chi connectivity index (χ0) is 12.9. The molecule has 2 aliphatic heterocycles. The maximum absolute atomic E-state index is 5.82. The second-order valence-corrected chi connectivity index (χ2v) is 5.31. The molecule has 3 nitrogen and oxygen atoms in total. The van der Waals surface area contributed by atoms with E-state index in [1.165, 1.54) is 11.1 Å². The predicted octanol–water partition coefficient (Wildman–Crippen LogP) is 1.81. The van der Waals surface area contributed by atoms with Crippen LogP contribution in [-0.2, 0) is 11.3 Å². The van der Waals surface area contributed by atoms with Gasteiger partial charge in [-0.3, -0.25) is 4.90 Å². The van der Waals surface area contributed by atoms with Gasteiger partial charge in [0.15, 0.2) is 0 Å². The Morgan fingerprint density at radius 3 is 2.84 bits per heavy atom. The van der Waals surface area contributed by atoms with Crippen molar-refractivity contribution in [1.82, 2.24) is 10.2 Å². The van der Waals surface area contributed by atoms with Crippen LogP contribution < -0.4 is 5.32 Å². The molecule has 3 heteroatoms. The number of hydrogen-bond donors (Lipinski definition) is 1. The normalized spacial score (nSPS) is 25.1. The highest BCUT2D eigenvalue weighted by Crippen LogP contribution is 2.19. The van der Waals surface area contributed by atoms with Crippen LogP contribution in [0.15, 0.2) is 42.0 Å². The first kappa shape index (κ1) is 12.9. The Kier molecular flexibility index (Phi) is 4.28. The highest BCUT2D eigenvalue weighted by molar-refractivity contribution is 5.17. The van der Waals surface area contributed by atoms with Crippen molar-refractivity contribution in [3.05, 3.63) is 47.5 Å². The van der Waals surface area contributed by atoms with E-state index in [1.807, 2.05) is 0 Å². The molecule has 0 aromatic heterocycles. The van der Waals surface area contributed by atoms with Crippen LogP contribution in [0.3, 0.4) is 0 Å². The molecule has 2 heterocycles. The highest BCUT2D eigenvalue weighted by atomic mass is 16.5. The third-order valence-electron chi connectivity index (χ3n) is 3.92. The standard InChI is InChI=1S/C16H22N2O/c1-2-4-14(5-3-1)13-18-9-6-15(7-10-18)16-12-17-8-11-19-16/h1-6,16-17H,7-13H2. The molecular formula is C16H22N2O. The summed E-state index contributed by atoms with van der Waals surface area (Å²) in [6, 6.07) is 10.7. The summed E-state index contributed by atoms with van der Waals surface area (Å²) in [5, 5.41) is 3.40. The maximum Gasteiger partial charge on any atom is 0.0910 e. The van der Waals surface area contributed by atoms with Gasteiger partial charge in [0.2, 0.25) is 0 Å². The van der Waals surface area contributed by atoms with E-state index in [4.69, 9.17) is 4.74 Å². The van der Waals surface area contributed by atoms with Crippen molar-refractivity contribution in [2.24, 2.45) is 0 Å². The zero-order valence-electron chi connectivity index (χ0n) is 11.3. The van der Waals surface area contributed by atoms with Crippen LogP contribution in [0, 0.1) is 0 Å². The fourth-order valence-corrected chi connectivity index (χ4v) is 2.81. The van der Waals surface area contributed by atoms with E-state index in [-0.39, 0.29) is 0 Å². The molecule has 1 unspecified atom stereocenters. The summed E-state index contributed by atoms with van der Waals surface area (Å²) in [6.07, 6.45) is 3.82. The fourth-order valence-electron chi connectivity index (χ4n) is 2.81. The van der Waals surface area contributed by atoms with Crippen LogP contribution in [0.4, 0.5) is 0 Å². The Morgan fingerprint density at radius 1 is 1.26 bits per heavy atom. The third-order valence-corrected chi connectivity index (χ3v) is 3.92. The summed E-state index contributed by atoms with van der Waals surface area (Å²) in [5.41, 5.74) is 2.88. The lowest BCUT2D eigenvalue weighted by Crippen LogP contribution is -2.41. The first-order valence-electron chi connectivity index (χ1n) is 7.19. The Labute approximate surface area is 115 Å². The van der Waals surface area contributed by atoms with Gasteiger partial charge >= 0.3 is 0 Å². The number of rotatable bonds is 3. The van der Waals surface area contributed by atoms with Gasteiger partial charge in [-0.05, 0) is 17.6 Å². The number of nitrogens with one attached hydrogen (secondary N) is 1. The first-order valence-corrected chi connectivity index (χ1v) is 7.19. The lowest BCUT2D eigenvalue weighted by Gasteiger charge is -2.32. The molecule has 0 radical (unpaired) electrons. The number of benzene rings is 1. The molecule has 1 aromatic carbocycles. The van der Waals surface area contributed by atoms with E-state index >= 15 is 0 Å². The summed E-state index contributed by atoms with van der Waals surface area (Å²) in [6.45, 7) is 6.04. The second kappa shape index (κ2) is 6.33. The molecule has 0 saturated carbocycles. The highest BCUT2D eigenvalue weighted by Gasteiger charge is 2.21. The van der Waals surface area contributed by atoms with Crippen molar-refractivity contribution in [2.75, 3.05) is 32.8 Å². The van der Waals surface area contributed by atoms with Crippen molar-refractivity contribution < 1.29 is 4.74 Å². The molecule has 1 atom stereocenters. The summed E-state index contributed by atoms with van der Waals surface area (Å²) < 4.78 is 5.82. The summed E-state index contributed by atoms with van der Waals surface area (Å²) >= 11 is 0. The van der Waals surface area contributed by atoms with Crippen molar-refractivity contribution in [2.45, 2.75) is 19.1 Å². The average Bonchev–Trinajstić information content (AvgIpc) is 2.50. The van der Waals surface area contributed by atoms with Gasteiger partial charge in [-0.25, -0.2) is 0 Å². The zero-order valence-corrected chi connectivity index (χ0v) is 11.3. The Hall–Kier alpha value is -1.16. The van der Waals surface area contributed by atoms with Crippen molar-refractivity contribution in [3.63, 3.8) is 0 Å². The topological polar surface area (TPSA) is 24.5 Å². The van der Waals surface area contributed by atoms with Crippen LogP contribution in [-0.4, -0.2) is 43.8 Å². The second-order valence-electron chi connectivity index (χ2n) is 5.31. The Balaban J connectivity index is 1.54. The predicted molar refractivity (Wildman–Crippen MR) is 77.0 cm³/mol. The monoisotopic (exact) mass is 258 g/mol. The smallest absolute Gasteiger partial charge is 0.0910 e. The van der Waals surface area contributed by atoms with Gasteiger partial charge < -0.3 is 10.1 Å². The number of ether oxygens (including phenoxy) is 1. The van der Waals surface area contributed by atoms with E-state index in [9.17, 15) is 0 Å². The van der Waals surface area contributed by atoms with Gasteiger partial charge in [0.1, 0.15) is 0 Å². The van der Waals surface area contributed by atoms with Crippen molar-refractivity contribution >= 4 is 0 Å². The SMILES string of the molecule is C1=C(C2CNCCO2)CCN(Cc2ccccc2)C1. The van der Waals surface area contributed by atoms with Crippen LogP contribution in [0.1, 0.15) is 12.0 Å². The van der Waals surface area contributed by atoms with Gasteiger partial charge in [-0.15, -0.1) is 0 Å². The molecule has 3 rings (SSSR count). The number of morpholine rings is 1. The number of hydrogen-bond acceptors (Lipinski definition) is 3. The van der Waals surface area contributed by atoms with Crippen LogP contribution in [0.5, 0.6) is 0 Å². The van der Waals surface area contributed by atoms with E-state index in [0.717, 1.165) is 45.8 Å². The lowest BCUT2D eigenvalue weighted by atomic mass is 10.0. The number of nitrogens with zero attached hydrogens (tertiary/aromatic N) is 1. The fraction of sp³-hybridized carbons (Fsp3) is 0.500. The van der Waals surface area contributed by atoms with Gasteiger partial charge in [0, 0.05) is 32.7 Å². The molecule has 0 spiro atoms. The summed E-state index contributed by atoms with van der Waals surface area (Å²) in [4.78, 5) is 2.50. The van der Waals surface area contributed by atoms with Gasteiger partial charge in [-0.1, -0.05) is 36.4 Å². The maximum atomic E-state index is 5.82. The molecule has 0 aliphatic carbocycles. The van der Waals surface area contributed by atoms with E-state index in [1.54, 1.807) is 0 Å². The summed E-state index contributed by atoms with van der Waals surface area (Å²) in [7, 11) is 0. The van der Waals surface area contributed by atoms with Crippen LogP contribution in [0.25, 0.3) is 0 Å². The van der Waals surface area contributed by atoms with Gasteiger partial charge in [0.25, 0.3) is 0 Å². The van der Waals surface area contributed by atoms with Crippen LogP contribution >= 0.6 is 0 Å². The van der Waals surface area contributed by atoms with E-state index in [2.05, 4.69) is 46.6 Å². The minimum atomic E-state index is 0.313. The Morgan fingerprint density at radius 2 is 2.16 bits per heavy atom. The molecule has 0 amide bonds. The van der Waals surface area contributed by atoms with Crippen molar-refractivity contribution in [3.8, 4) is 0 Å². The third kappa shape index (κ3) is 3.44. The molecule has 0 bridgehead atoms. The van der Waals surface area contributed by atoms with Gasteiger partial charge in [0.05, 0.1) is 12.7 Å². The van der Waals surface area contributed by atoms with Gasteiger partial charge in [-0.2, -0.15) is 0 Å². The largest absolute Gasteiger partial charge is 0.371 e. The first-order chi connectivity index (χ1) is 9.42. The van der Waals surface area contributed by atoms with Crippen molar-refractivity contribution in [1.29, 1.82) is 0 Å². The molecule has 1 saturated heterocycles. The minimum Gasteiger partial charge on any atom is -0.371 e. The molecule has 2 aliphatic rings. The minimum absolute atomic E-state index is 0.313. The molecule has 1 aromatic rings. The van der Waals surface area contributed by atoms with E-state index < -0.39 is 0 Å². The lowest BCUT2D eigenvalue weighted by molar-refractivity contribution is 0.0470. The summed E-state index contributed by atoms with van der Waals surface area (Å²) in [5.74, 6) is 0. The average molecular weight is 258 g/mol. The quantitative estimate of drug-likeness (QED) is 0.837. The molecule has 102 valence electrons. The molecule has 19 heavy (non-hydrogen) atoms.